The fraction of sp³-hybridized carbons (Fsp3) is 0.548. The molecule has 2 aromatic carbocycles. The second-order valence-corrected chi connectivity index (χ2v) is 12.5. The van der Waals surface area contributed by atoms with Gasteiger partial charge in [0.05, 0.1) is 23.8 Å². The largest absolute Gasteiger partial charge is 0.530 e. The summed E-state index contributed by atoms with van der Waals surface area (Å²) in [5, 5.41) is 40.8. The van der Waals surface area contributed by atoms with Crippen molar-refractivity contribution in [1.82, 2.24) is 15.5 Å². The second kappa shape index (κ2) is 14.0. The molecule has 2 amide bonds. The zero-order valence-corrected chi connectivity index (χ0v) is 24.8. The predicted molar refractivity (Wildman–Crippen MR) is 154 cm³/mol. The fourth-order valence-corrected chi connectivity index (χ4v) is 4.62. The fourth-order valence-electron chi connectivity index (χ4n) is 4.62. The molecule has 0 aliphatic carbocycles. The van der Waals surface area contributed by atoms with Gasteiger partial charge in [-0.25, -0.2) is 4.79 Å². The van der Waals surface area contributed by atoms with Gasteiger partial charge in [-0.15, -0.1) is 0 Å². The molecule has 2 rings (SSSR count). The summed E-state index contributed by atoms with van der Waals surface area (Å²) >= 11 is 0. The van der Waals surface area contributed by atoms with Gasteiger partial charge in [-0.05, 0) is 72.4 Å². The average molecular weight is 557 g/mol. The van der Waals surface area contributed by atoms with E-state index < -0.39 is 47.1 Å². The molecule has 0 radical (unpaired) electrons. The summed E-state index contributed by atoms with van der Waals surface area (Å²) in [6, 6.07) is 17.3. The number of aliphatic hydroxyl groups excluding tert-OH is 1. The normalized spacial score (nSPS) is 15.8. The standard InChI is InChI=1S/C31H47N3O6/c1-29(2,3)34(28(37)38)24(18-22-14-10-8-11-15-22)25(35)20-32-21-31(7,39)26(19-23-16-12-9-13-17-23)33-27(36)40-30(4,5)6/h8-17,24-26,32,35,39H,18-21H2,1-7H3,(H,33,36)(H,37,38)/p-1/t24-,25+,26-,31?/m0/s1. The molecule has 0 aromatic heterocycles. The number of carbonyl (C=O) groups is 2. The lowest BCUT2D eigenvalue weighted by atomic mass is 9.90. The summed E-state index contributed by atoms with van der Waals surface area (Å²) in [4.78, 5) is 26.0. The van der Waals surface area contributed by atoms with Crippen molar-refractivity contribution >= 4 is 12.2 Å². The quantitative estimate of drug-likeness (QED) is 0.316. The van der Waals surface area contributed by atoms with Gasteiger partial charge in [-0.1, -0.05) is 60.7 Å². The van der Waals surface area contributed by atoms with E-state index in [4.69, 9.17) is 4.74 Å². The Labute approximate surface area is 238 Å². The Hall–Kier alpha value is -3.14. The van der Waals surface area contributed by atoms with E-state index in [1.165, 1.54) is 4.90 Å². The predicted octanol–water partition coefficient (Wildman–Crippen LogP) is 2.88. The Balaban J connectivity index is 2.19. The third kappa shape index (κ3) is 10.8. The van der Waals surface area contributed by atoms with Crippen LogP contribution in [0.4, 0.5) is 9.59 Å². The van der Waals surface area contributed by atoms with Crippen molar-refractivity contribution in [2.24, 2.45) is 0 Å². The van der Waals surface area contributed by atoms with Crippen LogP contribution in [0, 0.1) is 0 Å². The second-order valence-electron chi connectivity index (χ2n) is 12.5. The average Bonchev–Trinajstić information content (AvgIpc) is 2.82. The van der Waals surface area contributed by atoms with Crippen molar-refractivity contribution in [3.63, 3.8) is 0 Å². The number of carbonyl (C=O) groups excluding carboxylic acids is 2. The number of carboxylic acid groups (broad SMARTS) is 1. The highest BCUT2D eigenvalue weighted by Gasteiger charge is 2.36. The molecule has 0 heterocycles. The molecule has 2 aromatic rings. The smallest absolute Gasteiger partial charge is 0.407 e. The third-order valence-corrected chi connectivity index (χ3v) is 6.54. The zero-order valence-electron chi connectivity index (χ0n) is 24.8. The molecule has 0 spiro atoms. The van der Waals surface area contributed by atoms with Crippen LogP contribution in [0.5, 0.6) is 0 Å². The van der Waals surface area contributed by atoms with E-state index in [1.54, 1.807) is 48.5 Å². The molecule has 4 N–H and O–H groups in total. The van der Waals surface area contributed by atoms with Crippen LogP contribution in [0.1, 0.15) is 59.6 Å². The maximum Gasteiger partial charge on any atom is 0.407 e. The molecule has 0 saturated heterocycles. The lowest BCUT2D eigenvalue weighted by Crippen LogP contribution is -2.62. The van der Waals surface area contributed by atoms with Crippen LogP contribution in [0.3, 0.4) is 0 Å². The lowest BCUT2D eigenvalue weighted by Gasteiger charge is -2.46. The first-order chi connectivity index (χ1) is 18.5. The number of ether oxygens (including phenoxy) is 1. The molecule has 222 valence electrons. The molecular weight excluding hydrogens is 510 g/mol. The van der Waals surface area contributed by atoms with Crippen LogP contribution in [0.15, 0.2) is 60.7 Å². The number of benzene rings is 2. The van der Waals surface area contributed by atoms with Gasteiger partial charge in [0.2, 0.25) is 0 Å². The maximum atomic E-state index is 12.6. The molecule has 4 atom stereocenters. The summed E-state index contributed by atoms with van der Waals surface area (Å²) in [6.45, 7) is 12.2. The summed E-state index contributed by atoms with van der Waals surface area (Å²) in [5.41, 5.74) is -1.18. The van der Waals surface area contributed by atoms with Gasteiger partial charge in [0.15, 0.2) is 0 Å². The highest BCUT2D eigenvalue weighted by atomic mass is 16.6. The first-order valence-corrected chi connectivity index (χ1v) is 13.7. The van der Waals surface area contributed by atoms with Gasteiger partial charge < -0.3 is 40.4 Å². The first kappa shape index (κ1) is 33.1. The van der Waals surface area contributed by atoms with E-state index in [0.717, 1.165) is 11.1 Å². The van der Waals surface area contributed by atoms with E-state index in [0.29, 0.717) is 6.42 Å². The highest BCUT2D eigenvalue weighted by Crippen LogP contribution is 2.23. The molecule has 9 nitrogen and oxygen atoms in total. The Morgan fingerprint density at radius 1 is 0.900 bits per heavy atom. The number of nitrogens with one attached hydrogen (secondary N) is 2. The number of hydrogen-bond donors (Lipinski definition) is 4. The summed E-state index contributed by atoms with van der Waals surface area (Å²) in [5.74, 6) is 0. The van der Waals surface area contributed by atoms with Crippen molar-refractivity contribution in [2.75, 3.05) is 13.1 Å². The first-order valence-electron chi connectivity index (χ1n) is 13.7. The van der Waals surface area contributed by atoms with Crippen LogP contribution in [-0.4, -0.2) is 75.3 Å². The van der Waals surface area contributed by atoms with Crippen LogP contribution >= 0.6 is 0 Å². The zero-order chi connectivity index (χ0) is 30.1. The number of hydrogen-bond acceptors (Lipinski definition) is 7. The Kier molecular flexibility index (Phi) is 11.5. The summed E-state index contributed by atoms with van der Waals surface area (Å²) in [6.07, 6.45) is -2.51. The number of rotatable bonds is 12. The minimum Gasteiger partial charge on any atom is -0.530 e. The minimum absolute atomic E-state index is 0.00198. The topological polar surface area (TPSA) is 134 Å². The van der Waals surface area contributed by atoms with E-state index >= 15 is 0 Å². The molecule has 1 unspecified atom stereocenters. The number of alkyl carbamates (subject to hydrolysis) is 1. The molecule has 0 aliphatic rings. The van der Waals surface area contributed by atoms with Crippen LogP contribution < -0.4 is 15.7 Å². The van der Waals surface area contributed by atoms with E-state index in [2.05, 4.69) is 10.6 Å². The minimum atomic E-state index is -1.44. The van der Waals surface area contributed by atoms with Crippen molar-refractivity contribution < 1.29 is 29.6 Å². The lowest BCUT2D eigenvalue weighted by molar-refractivity contribution is -0.275. The Morgan fingerprint density at radius 3 is 1.85 bits per heavy atom. The Bertz CT molecular complexity index is 1060. The van der Waals surface area contributed by atoms with Gasteiger partial charge in [-0.3, -0.25) is 0 Å². The van der Waals surface area contributed by atoms with Crippen molar-refractivity contribution in [2.45, 2.75) is 96.2 Å². The molecule has 0 aliphatic heterocycles. The van der Waals surface area contributed by atoms with Crippen molar-refractivity contribution in [3.8, 4) is 0 Å². The highest BCUT2D eigenvalue weighted by molar-refractivity contribution is 5.68. The summed E-state index contributed by atoms with van der Waals surface area (Å²) in [7, 11) is 0. The van der Waals surface area contributed by atoms with E-state index in [9.17, 15) is 24.9 Å². The van der Waals surface area contributed by atoms with Crippen LogP contribution in [0.25, 0.3) is 0 Å². The number of nitrogens with zero attached hydrogens (tertiary/aromatic N) is 1. The summed E-state index contributed by atoms with van der Waals surface area (Å²) < 4.78 is 5.42. The maximum absolute atomic E-state index is 12.6. The third-order valence-electron chi connectivity index (χ3n) is 6.54. The van der Waals surface area contributed by atoms with E-state index in [-0.39, 0.29) is 19.5 Å². The van der Waals surface area contributed by atoms with E-state index in [1.807, 2.05) is 60.7 Å². The van der Waals surface area contributed by atoms with Crippen molar-refractivity contribution in [1.29, 1.82) is 0 Å². The monoisotopic (exact) mass is 556 g/mol. The van der Waals surface area contributed by atoms with Gasteiger partial charge in [0, 0.05) is 18.6 Å². The van der Waals surface area contributed by atoms with Crippen molar-refractivity contribution in [3.05, 3.63) is 71.8 Å². The molecule has 0 fully saturated rings. The van der Waals surface area contributed by atoms with Gasteiger partial charge in [0.1, 0.15) is 11.7 Å². The van der Waals surface area contributed by atoms with Crippen LogP contribution in [0.2, 0.25) is 0 Å². The Morgan fingerprint density at radius 2 is 1.40 bits per heavy atom. The van der Waals surface area contributed by atoms with Gasteiger partial charge >= 0.3 is 6.09 Å². The molecule has 0 bridgehead atoms. The molecule has 40 heavy (non-hydrogen) atoms. The molecule has 9 heteroatoms. The number of amides is 2. The molecule has 0 saturated carbocycles. The van der Waals surface area contributed by atoms with Gasteiger partial charge in [0.25, 0.3) is 0 Å². The molecular formula is C31H46N3O6-. The van der Waals surface area contributed by atoms with Crippen LogP contribution in [-0.2, 0) is 17.6 Å². The number of aliphatic hydroxyl groups is 2. The SMILES string of the molecule is CC(C)(C)OC(=O)N[C@@H](Cc1ccccc1)C(C)(O)CNC[C@@H](O)[C@H](Cc1ccccc1)N(C(=O)[O-])C(C)(C)C. The van der Waals surface area contributed by atoms with Gasteiger partial charge in [-0.2, -0.15) is 0 Å².